The monoisotopic (exact) mass is 282 g/mol. The van der Waals surface area contributed by atoms with Gasteiger partial charge in [-0.1, -0.05) is 18.7 Å². The maximum absolute atomic E-state index is 11.6. The van der Waals surface area contributed by atoms with E-state index < -0.39 is 0 Å². The molecule has 102 valence electrons. The van der Waals surface area contributed by atoms with Crippen LogP contribution in [0.2, 0.25) is 0 Å². The molecular formula is C11H14N4O3S. The lowest BCUT2D eigenvalue weighted by atomic mass is 10.3. The zero-order valence-corrected chi connectivity index (χ0v) is 11.7. The number of nitrogens with one attached hydrogen (secondary N) is 1. The fraction of sp³-hybridized carbons (Fsp3) is 0.455. The standard InChI is InChI=1S/C11H14N4O3S/c1-4-7(9(17)18-3)19-11-14-13-10-12-8(16)5-6(2)15(10)11/h5,7H,4H2,1-3H3,(H,12,13,16)/t7-/m0/s1. The Morgan fingerprint density at radius 2 is 2.32 bits per heavy atom. The van der Waals surface area contributed by atoms with Crippen molar-refractivity contribution in [2.75, 3.05) is 7.11 Å². The van der Waals surface area contributed by atoms with Crippen LogP contribution in [0.5, 0.6) is 0 Å². The fourth-order valence-corrected chi connectivity index (χ4v) is 2.74. The van der Waals surface area contributed by atoms with E-state index in [4.69, 9.17) is 4.74 Å². The smallest absolute Gasteiger partial charge is 0.319 e. The van der Waals surface area contributed by atoms with Gasteiger partial charge in [-0.3, -0.25) is 19.0 Å². The highest BCUT2D eigenvalue weighted by Gasteiger charge is 2.22. The zero-order chi connectivity index (χ0) is 14.0. The topological polar surface area (TPSA) is 89.4 Å². The van der Waals surface area contributed by atoms with Crippen molar-refractivity contribution >= 4 is 23.5 Å². The van der Waals surface area contributed by atoms with Gasteiger partial charge in [0.05, 0.1) is 7.11 Å². The van der Waals surface area contributed by atoms with E-state index in [1.54, 1.807) is 11.3 Å². The molecule has 0 fully saturated rings. The minimum absolute atomic E-state index is 0.228. The van der Waals surface area contributed by atoms with Gasteiger partial charge in [0, 0.05) is 11.8 Å². The van der Waals surface area contributed by atoms with Crippen molar-refractivity contribution in [2.24, 2.45) is 0 Å². The second-order valence-electron chi connectivity index (χ2n) is 3.95. The van der Waals surface area contributed by atoms with Crippen molar-refractivity contribution in [1.82, 2.24) is 19.6 Å². The quantitative estimate of drug-likeness (QED) is 0.658. The Morgan fingerprint density at radius 3 is 2.95 bits per heavy atom. The summed E-state index contributed by atoms with van der Waals surface area (Å²) in [6.07, 6.45) is 0.620. The highest BCUT2D eigenvalue weighted by molar-refractivity contribution is 8.00. The average Bonchev–Trinajstić information content (AvgIpc) is 2.78. The summed E-state index contributed by atoms with van der Waals surface area (Å²) in [5, 5.41) is 8.11. The molecule has 7 nitrogen and oxygen atoms in total. The molecule has 2 rings (SSSR count). The molecule has 0 aliphatic rings. The van der Waals surface area contributed by atoms with Gasteiger partial charge >= 0.3 is 5.97 Å². The van der Waals surface area contributed by atoms with Gasteiger partial charge < -0.3 is 4.74 Å². The third kappa shape index (κ3) is 2.62. The summed E-state index contributed by atoms with van der Waals surface area (Å²) in [7, 11) is 1.36. The zero-order valence-electron chi connectivity index (χ0n) is 10.8. The van der Waals surface area contributed by atoms with Crippen LogP contribution in [0.4, 0.5) is 0 Å². The molecule has 2 heterocycles. The lowest BCUT2D eigenvalue weighted by Gasteiger charge is -2.10. The van der Waals surface area contributed by atoms with Crippen LogP contribution >= 0.6 is 11.8 Å². The summed E-state index contributed by atoms with van der Waals surface area (Å²) >= 11 is 1.27. The number of thioether (sulfide) groups is 1. The number of ether oxygens (including phenoxy) is 1. The molecular weight excluding hydrogens is 268 g/mol. The van der Waals surface area contributed by atoms with Crippen LogP contribution in [0.25, 0.3) is 5.78 Å². The van der Waals surface area contributed by atoms with Crippen LogP contribution in [0, 0.1) is 6.92 Å². The molecule has 0 aliphatic carbocycles. The van der Waals surface area contributed by atoms with Crippen molar-refractivity contribution in [3.05, 3.63) is 22.1 Å². The molecule has 1 atom stereocenters. The molecule has 2 aromatic rings. The van der Waals surface area contributed by atoms with E-state index in [1.165, 1.54) is 24.9 Å². The first-order chi connectivity index (χ1) is 9.06. The van der Waals surface area contributed by atoms with Gasteiger partial charge in [0.25, 0.3) is 5.56 Å². The Balaban J connectivity index is 2.41. The van der Waals surface area contributed by atoms with E-state index in [9.17, 15) is 9.59 Å². The molecule has 0 bridgehead atoms. The number of H-pyrrole nitrogens is 1. The van der Waals surface area contributed by atoms with E-state index in [0.717, 1.165) is 0 Å². The molecule has 19 heavy (non-hydrogen) atoms. The maximum Gasteiger partial charge on any atom is 0.319 e. The van der Waals surface area contributed by atoms with Gasteiger partial charge in [-0.2, -0.15) is 0 Å². The Bertz CT molecular complexity index is 663. The predicted molar refractivity (Wildman–Crippen MR) is 70.3 cm³/mol. The lowest BCUT2D eigenvalue weighted by Crippen LogP contribution is -2.18. The number of hydrogen-bond acceptors (Lipinski definition) is 6. The highest BCUT2D eigenvalue weighted by atomic mass is 32.2. The Labute approximate surface area is 113 Å². The summed E-state index contributed by atoms with van der Waals surface area (Å²) in [5.74, 6) is 0.0681. The largest absolute Gasteiger partial charge is 0.468 e. The molecule has 0 aliphatic heterocycles. The van der Waals surface area contributed by atoms with Crippen LogP contribution in [0.1, 0.15) is 19.0 Å². The number of hydrogen-bond donors (Lipinski definition) is 1. The third-order valence-electron chi connectivity index (χ3n) is 2.64. The molecule has 1 N–H and O–H groups in total. The molecule has 0 amide bonds. The molecule has 0 saturated heterocycles. The molecule has 0 saturated carbocycles. The van der Waals surface area contributed by atoms with Gasteiger partial charge in [0.2, 0.25) is 5.78 Å². The molecule has 0 radical (unpaired) electrons. The molecule has 2 aromatic heterocycles. The molecule has 8 heteroatoms. The van der Waals surface area contributed by atoms with Crippen molar-refractivity contribution in [3.8, 4) is 0 Å². The summed E-state index contributed by atoms with van der Waals surface area (Å²) in [4.78, 5) is 25.5. The number of aromatic nitrogens is 4. The van der Waals surface area contributed by atoms with Crippen molar-refractivity contribution in [3.63, 3.8) is 0 Å². The van der Waals surface area contributed by atoms with Crippen molar-refractivity contribution in [2.45, 2.75) is 30.7 Å². The summed E-state index contributed by atoms with van der Waals surface area (Å²) in [6.45, 7) is 3.68. The number of methoxy groups -OCH3 is 1. The molecule has 0 aromatic carbocycles. The van der Waals surface area contributed by atoms with E-state index in [-0.39, 0.29) is 16.8 Å². The summed E-state index contributed by atoms with van der Waals surface area (Å²) < 4.78 is 6.44. The second kappa shape index (κ2) is 5.43. The molecule has 0 spiro atoms. The van der Waals surface area contributed by atoms with Gasteiger partial charge in [-0.15, -0.1) is 10.2 Å². The van der Waals surface area contributed by atoms with E-state index in [2.05, 4.69) is 15.2 Å². The first kappa shape index (κ1) is 13.6. The number of rotatable bonds is 4. The summed E-state index contributed by atoms with van der Waals surface area (Å²) in [5.41, 5.74) is 0.486. The van der Waals surface area contributed by atoms with E-state index in [0.29, 0.717) is 23.0 Å². The number of fused-ring (bicyclic) bond motifs is 1. The highest BCUT2D eigenvalue weighted by Crippen LogP contribution is 2.25. The van der Waals surface area contributed by atoms with Crippen molar-refractivity contribution < 1.29 is 9.53 Å². The minimum Gasteiger partial charge on any atom is -0.468 e. The van der Waals surface area contributed by atoms with Crippen LogP contribution in [-0.4, -0.2) is 37.9 Å². The number of esters is 1. The van der Waals surface area contributed by atoms with Crippen LogP contribution in [-0.2, 0) is 9.53 Å². The number of carbonyl (C=O) groups excluding carboxylic acids is 1. The van der Waals surface area contributed by atoms with Crippen LogP contribution in [0.15, 0.2) is 16.0 Å². The number of aromatic amines is 1. The van der Waals surface area contributed by atoms with Gasteiger partial charge in [-0.25, -0.2) is 0 Å². The lowest BCUT2D eigenvalue weighted by molar-refractivity contribution is -0.140. The van der Waals surface area contributed by atoms with E-state index >= 15 is 0 Å². The second-order valence-corrected chi connectivity index (χ2v) is 5.12. The number of nitrogens with zero attached hydrogens (tertiary/aromatic N) is 3. The van der Waals surface area contributed by atoms with Gasteiger partial charge in [0.15, 0.2) is 5.16 Å². The summed E-state index contributed by atoms with van der Waals surface area (Å²) in [6, 6.07) is 1.46. The Hall–Kier alpha value is -1.83. The normalized spacial score (nSPS) is 12.6. The third-order valence-corrected chi connectivity index (χ3v) is 3.93. The SMILES string of the molecule is CC[C@H](Sc1nnc2[nH]c(=O)cc(C)n12)C(=O)OC. The van der Waals surface area contributed by atoms with Gasteiger partial charge in [0.1, 0.15) is 5.25 Å². The fourth-order valence-electron chi connectivity index (χ4n) is 1.70. The Morgan fingerprint density at radius 1 is 1.58 bits per heavy atom. The predicted octanol–water partition coefficient (Wildman–Crippen LogP) is 0.770. The van der Waals surface area contributed by atoms with E-state index in [1.807, 2.05) is 6.92 Å². The molecule has 0 unspecified atom stereocenters. The van der Waals surface area contributed by atoms with Crippen molar-refractivity contribution in [1.29, 1.82) is 0 Å². The number of carbonyl (C=O) groups is 1. The maximum atomic E-state index is 11.6. The van der Waals surface area contributed by atoms with Crippen LogP contribution < -0.4 is 5.56 Å². The average molecular weight is 282 g/mol. The van der Waals surface area contributed by atoms with Crippen LogP contribution in [0.3, 0.4) is 0 Å². The first-order valence-corrected chi connectivity index (χ1v) is 6.64. The van der Waals surface area contributed by atoms with Gasteiger partial charge in [-0.05, 0) is 13.3 Å². The number of aryl methyl sites for hydroxylation is 1. The first-order valence-electron chi connectivity index (χ1n) is 5.76. The minimum atomic E-state index is -0.344. The Kier molecular flexibility index (Phi) is 3.89.